The van der Waals surface area contributed by atoms with E-state index in [0.29, 0.717) is 19.5 Å². The van der Waals surface area contributed by atoms with Crippen molar-refractivity contribution >= 4 is 18.3 Å². The summed E-state index contributed by atoms with van der Waals surface area (Å²) >= 11 is 0. The summed E-state index contributed by atoms with van der Waals surface area (Å²) in [7, 11) is 0. The van der Waals surface area contributed by atoms with Gasteiger partial charge in [-0.3, -0.25) is 9.89 Å². The fourth-order valence-corrected chi connectivity index (χ4v) is 3.75. The molecule has 0 saturated carbocycles. The molecule has 29 heavy (non-hydrogen) atoms. The molecule has 0 unspecified atom stereocenters. The van der Waals surface area contributed by atoms with Crippen molar-refractivity contribution in [2.45, 2.75) is 25.3 Å². The molecule has 2 aromatic carbocycles. The maximum absolute atomic E-state index is 12.9. The monoisotopic (exact) mass is 412 g/mol. The molecule has 0 bridgehead atoms. The molecule has 4 N–H and O–H groups in total. The van der Waals surface area contributed by atoms with Gasteiger partial charge in [-0.25, -0.2) is 0 Å². The molecule has 0 spiro atoms. The van der Waals surface area contributed by atoms with Crippen LogP contribution in [-0.4, -0.2) is 45.2 Å². The number of fused-ring (bicyclic) bond motifs is 1. The number of hydrogen-bond acceptors (Lipinski definition) is 4. The van der Waals surface area contributed by atoms with Crippen LogP contribution in [0.3, 0.4) is 0 Å². The number of phenolic OH excluding ortho intramolecular Hbond substituents is 1. The summed E-state index contributed by atoms with van der Waals surface area (Å²) in [6, 6.07) is 16.3. The highest BCUT2D eigenvalue weighted by molar-refractivity contribution is 5.85. The molecule has 6 nitrogen and oxygen atoms in total. The third kappa shape index (κ3) is 4.60. The van der Waals surface area contributed by atoms with E-state index in [1.165, 1.54) is 5.56 Å². The van der Waals surface area contributed by atoms with Crippen molar-refractivity contribution in [1.82, 2.24) is 15.1 Å². The van der Waals surface area contributed by atoms with Crippen LogP contribution in [0.5, 0.6) is 5.75 Å². The number of halogens is 1. The molecule has 2 heterocycles. The molecule has 1 atom stereocenters. The minimum absolute atomic E-state index is 0. The topological polar surface area (TPSA) is 95.2 Å². The molecule has 0 fully saturated rings. The van der Waals surface area contributed by atoms with E-state index in [1.807, 2.05) is 23.1 Å². The van der Waals surface area contributed by atoms with Gasteiger partial charge in [0.2, 0.25) is 5.91 Å². The summed E-state index contributed by atoms with van der Waals surface area (Å²) in [5.41, 5.74) is 11.5. The number of nitrogens with zero attached hydrogens (tertiary/aromatic N) is 2. The number of amides is 1. The van der Waals surface area contributed by atoms with Crippen LogP contribution in [0.4, 0.5) is 0 Å². The SMILES string of the molecule is Cl.N[C@@H](Cc1ccc(O)cc1)C(=O)N1CCc2[nH]nc(-c3ccccc3)c2CC1. The Morgan fingerprint density at radius 1 is 1.10 bits per heavy atom. The maximum Gasteiger partial charge on any atom is 0.239 e. The fourth-order valence-electron chi connectivity index (χ4n) is 3.75. The standard InChI is InChI=1S/C22H24N4O2.ClH/c23-19(14-15-6-8-17(27)9-7-15)22(28)26-12-10-18-20(11-13-26)24-25-21(18)16-4-2-1-3-5-16;/h1-9,19,27H,10-14,23H2,(H,24,25);1H/t19-;/m0./s1. The minimum atomic E-state index is -0.590. The summed E-state index contributed by atoms with van der Waals surface area (Å²) in [6.45, 7) is 1.26. The summed E-state index contributed by atoms with van der Waals surface area (Å²) in [4.78, 5) is 14.7. The van der Waals surface area contributed by atoms with Crippen LogP contribution in [0.25, 0.3) is 11.3 Å². The van der Waals surface area contributed by atoms with Gasteiger partial charge in [0.1, 0.15) is 5.75 Å². The highest BCUT2D eigenvalue weighted by Gasteiger charge is 2.26. The normalized spacial score (nSPS) is 14.4. The van der Waals surface area contributed by atoms with E-state index < -0.39 is 6.04 Å². The number of H-pyrrole nitrogens is 1. The van der Waals surface area contributed by atoms with Crippen LogP contribution < -0.4 is 5.73 Å². The molecule has 7 heteroatoms. The van der Waals surface area contributed by atoms with E-state index in [-0.39, 0.29) is 24.1 Å². The van der Waals surface area contributed by atoms with Crippen molar-refractivity contribution in [2.75, 3.05) is 13.1 Å². The Morgan fingerprint density at radius 3 is 2.52 bits per heavy atom. The molecule has 1 amide bonds. The van der Waals surface area contributed by atoms with Gasteiger partial charge in [0.25, 0.3) is 0 Å². The lowest BCUT2D eigenvalue weighted by atomic mass is 10.0. The summed E-state index contributed by atoms with van der Waals surface area (Å²) in [5, 5.41) is 17.1. The van der Waals surface area contributed by atoms with Gasteiger partial charge in [-0.2, -0.15) is 5.10 Å². The number of nitrogens with one attached hydrogen (secondary N) is 1. The van der Waals surface area contributed by atoms with Crippen LogP contribution in [0.2, 0.25) is 0 Å². The maximum atomic E-state index is 12.9. The average Bonchev–Trinajstić information content (AvgIpc) is 3.01. The number of benzene rings is 2. The zero-order chi connectivity index (χ0) is 19.5. The number of aromatic nitrogens is 2. The first-order valence-electron chi connectivity index (χ1n) is 9.55. The Balaban J connectivity index is 0.00000240. The van der Waals surface area contributed by atoms with Crippen molar-refractivity contribution < 1.29 is 9.90 Å². The molecule has 0 aliphatic carbocycles. The molecule has 4 rings (SSSR count). The Labute approximate surface area is 176 Å². The number of carbonyl (C=O) groups excluding carboxylic acids is 1. The second-order valence-corrected chi connectivity index (χ2v) is 7.20. The number of aromatic hydroxyl groups is 1. The Bertz CT molecular complexity index is 957. The summed E-state index contributed by atoms with van der Waals surface area (Å²) in [6.07, 6.45) is 1.96. The first-order chi connectivity index (χ1) is 13.6. The van der Waals surface area contributed by atoms with Gasteiger partial charge >= 0.3 is 0 Å². The first kappa shape index (κ1) is 20.9. The number of nitrogens with two attached hydrogens (primary N) is 1. The van der Waals surface area contributed by atoms with Gasteiger partial charge < -0.3 is 15.7 Å². The second kappa shape index (κ2) is 9.11. The van der Waals surface area contributed by atoms with Gasteiger partial charge in [0.15, 0.2) is 0 Å². The Kier molecular flexibility index (Phi) is 6.56. The predicted molar refractivity (Wildman–Crippen MR) is 115 cm³/mol. The van der Waals surface area contributed by atoms with Gasteiger partial charge in [-0.15, -0.1) is 12.4 Å². The van der Waals surface area contributed by atoms with E-state index in [2.05, 4.69) is 22.3 Å². The third-order valence-electron chi connectivity index (χ3n) is 5.28. The molecular formula is C22H25ClN4O2. The van der Waals surface area contributed by atoms with E-state index in [4.69, 9.17) is 5.73 Å². The van der Waals surface area contributed by atoms with Gasteiger partial charge in [-0.1, -0.05) is 42.5 Å². The molecular weight excluding hydrogens is 388 g/mol. The highest BCUT2D eigenvalue weighted by Crippen LogP contribution is 2.26. The molecule has 1 aromatic heterocycles. The number of hydrogen-bond donors (Lipinski definition) is 3. The van der Waals surface area contributed by atoms with Crippen LogP contribution >= 0.6 is 12.4 Å². The van der Waals surface area contributed by atoms with E-state index in [9.17, 15) is 9.90 Å². The van der Waals surface area contributed by atoms with Gasteiger partial charge in [-0.05, 0) is 30.5 Å². The van der Waals surface area contributed by atoms with Crippen molar-refractivity contribution in [1.29, 1.82) is 0 Å². The second-order valence-electron chi connectivity index (χ2n) is 7.20. The lowest BCUT2D eigenvalue weighted by Gasteiger charge is -2.24. The van der Waals surface area contributed by atoms with Crippen LogP contribution in [0, 0.1) is 0 Å². The van der Waals surface area contributed by atoms with E-state index in [1.54, 1.807) is 24.3 Å². The summed E-state index contributed by atoms with van der Waals surface area (Å²) in [5.74, 6) is 0.174. The average molecular weight is 413 g/mol. The number of carbonyl (C=O) groups is 1. The van der Waals surface area contributed by atoms with E-state index in [0.717, 1.165) is 35.4 Å². The molecule has 0 radical (unpaired) electrons. The van der Waals surface area contributed by atoms with Crippen molar-refractivity contribution in [3.8, 4) is 17.0 Å². The van der Waals surface area contributed by atoms with Crippen molar-refractivity contribution in [2.24, 2.45) is 5.73 Å². The summed E-state index contributed by atoms with van der Waals surface area (Å²) < 4.78 is 0. The lowest BCUT2D eigenvalue weighted by molar-refractivity contribution is -0.132. The van der Waals surface area contributed by atoms with Gasteiger partial charge in [0, 0.05) is 36.3 Å². The third-order valence-corrected chi connectivity index (χ3v) is 5.28. The van der Waals surface area contributed by atoms with Crippen molar-refractivity contribution in [3.63, 3.8) is 0 Å². The quantitative estimate of drug-likeness (QED) is 0.614. The van der Waals surface area contributed by atoms with Crippen LogP contribution in [0.1, 0.15) is 16.8 Å². The number of phenols is 1. The number of aromatic amines is 1. The first-order valence-corrected chi connectivity index (χ1v) is 9.55. The zero-order valence-corrected chi connectivity index (χ0v) is 16.9. The Morgan fingerprint density at radius 2 is 1.79 bits per heavy atom. The molecule has 1 aliphatic heterocycles. The highest BCUT2D eigenvalue weighted by atomic mass is 35.5. The predicted octanol–water partition coefficient (Wildman–Crippen LogP) is 2.70. The molecule has 152 valence electrons. The van der Waals surface area contributed by atoms with Crippen molar-refractivity contribution in [3.05, 3.63) is 71.4 Å². The van der Waals surface area contributed by atoms with Crippen LogP contribution in [0.15, 0.2) is 54.6 Å². The zero-order valence-electron chi connectivity index (χ0n) is 16.0. The van der Waals surface area contributed by atoms with Crippen LogP contribution in [-0.2, 0) is 24.1 Å². The molecule has 0 saturated heterocycles. The molecule has 3 aromatic rings. The van der Waals surface area contributed by atoms with E-state index >= 15 is 0 Å². The largest absolute Gasteiger partial charge is 0.508 e. The smallest absolute Gasteiger partial charge is 0.239 e. The minimum Gasteiger partial charge on any atom is -0.508 e. The fraction of sp³-hybridized carbons (Fsp3) is 0.273. The van der Waals surface area contributed by atoms with Gasteiger partial charge in [0.05, 0.1) is 11.7 Å². The number of rotatable bonds is 4. The Hall–Kier alpha value is -2.83. The lowest BCUT2D eigenvalue weighted by Crippen LogP contribution is -2.46. The molecule has 1 aliphatic rings.